The molecular formula is C23H30N2O5S. The van der Waals surface area contributed by atoms with Gasteiger partial charge in [-0.1, -0.05) is 25.1 Å². The molecule has 2 atom stereocenters. The highest BCUT2D eigenvalue weighted by molar-refractivity contribution is 7.92. The first-order valence-electron chi connectivity index (χ1n) is 10.4. The minimum absolute atomic E-state index is 0.212. The Bertz CT molecular complexity index is 1070. The number of amides is 1. The van der Waals surface area contributed by atoms with Crippen LogP contribution in [-0.4, -0.2) is 39.8 Å². The van der Waals surface area contributed by atoms with Gasteiger partial charge < -0.3 is 14.8 Å². The first kappa shape index (κ1) is 22.9. The largest absolute Gasteiger partial charge is 0.486 e. The van der Waals surface area contributed by atoms with E-state index in [-0.39, 0.29) is 11.9 Å². The maximum absolute atomic E-state index is 13.1. The fraction of sp³-hybridized carbons (Fsp3) is 0.435. The van der Waals surface area contributed by atoms with E-state index in [1.54, 1.807) is 25.1 Å². The number of anilines is 1. The fourth-order valence-electron chi connectivity index (χ4n) is 3.67. The number of rotatable bonds is 7. The van der Waals surface area contributed by atoms with Gasteiger partial charge in [-0.2, -0.15) is 0 Å². The van der Waals surface area contributed by atoms with Crippen LogP contribution in [0, 0.1) is 13.8 Å². The number of hydrogen-bond acceptors (Lipinski definition) is 5. The van der Waals surface area contributed by atoms with Gasteiger partial charge in [-0.15, -0.1) is 0 Å². The summed E-state index contributed by atoms with van der Waals surface area (Å²) in [5.41, 5.74) is 3.68. The van der Waals surface area contributed by atoms with Crippen LogP contribution >= 0.6 is 0 Å². The first-order chi connectivity index (χ1) is 14.6. The first-order valence-corrected chi connectivity index (χ1v) is 12.2. The zero-order chi connectivity index (χ0) is 22.8. The topological polar surface area (TPSA) is 84.9 Å². The van der Waals surface area contributed by atoms with Gasteiger partial charge in [-0.25, -0.2) is 8.42 Å². The lowest BCUT2D eigenvalue weighted by Gasteiger charge is -2.30. The van der Waals surface area contributed by atoms with Gasteiger partial charge in [-0.3, -0.25) is 9.10 Å². The number of hydrogen-bond donors (Lipinski definition) is 1. The molecule has 2 aromatic carbocycles. The lowest BCUT2D eigenvalue weighted by Crippen LogP contribution is -2.48. The van der Waals surface area contributed by atoms with Crippen LogP contribution < -0.4 is 19.1 Å². The summed E-state index contributed by atoms with van der Waals surface area (Å²) in [4.78, 5) is 13.1. The molecule has 31 heavy (non-hydrogen) atoms. The normalized spacial score (nSPS) is 15.1. The summed E-state index contributed by atoms with van der Waals surface area (Å²) in [5.74, 6) is 0.651. The highest BCUT2D eigenvalue weighted by atomic mass is 32.2. The van der Waals surface area contributed by atoms with Crippen molar-refractivity contribution >= 4 is 21.6 Å². The van der Waals surface area contributed by atoms with Crippen LogP contribution in [0.4, 0.5) is 5.69 Å². The van der Waals surface area contributed by atoms with Gasteiger partial charge >= 0.3 is 0 Å². The van der Waals surface area contributed by atoms with Crippen molar-refractivity contribution in [1.29, 1.82) is 0 Å². The Morgan fingerprint density at radius 3 is 2.35 bits per heavy atom. The second-order valence-corrected chi connectivity index (χ2v) is 9.74. The molecule has 0 aliphatic carbocycles. The number of sulfonamides is 1. The molecule has 1 heterocycles. The number of ether oxygens (including phenoxy) is 2. The molecule has 2 aromatic rings. The van der Waals surface area contributed by atoms with Crippen LogP contribution in [-0.2, 0) is 14.8 Å². The highest BCUT2D eigenvalue weighted by Crippen LogP contribution is 2.35. The summed E-state index contributed by atoms with van der Waals surface area (Å²) < 4.78 is 37.5. The van der Waals surface area contributed by atoms with Gasteiger partial charge in [0.15, 0.2) is 11.5 Å². The van der Waals surface area contributed by atoms with Crippen LogP contribution in [0.2, 0.25) is 0 Å². The van der Waals surface area contributed by atoms with E-state index in [9.17, 15) is 13.2 Å². The van der Waals surface area contributed by atoms with Crippen molar-refractivity contribution in [3.05, 3.63) is 53.1 Å². The average molecular weight is 447 g/mol. The van der Waals surface area contributed by atoms with Gasteiger partial charge in [0.2, 0.25) is 15.9 Å². The molecule has 0 radical (unpaired) electrons. The van der Waals surface area contributed by atoms with Gasteiger partial charge in [0.05, 0.1) is 18.0 Å². The lowest BCUT2D eigenvalue weighted by molar-refractivity contribution is -0.122. The Labute approximate surface area is 184 Å². The summed E-state index contributed by atoms with van der Waals surface area (Å²) in [6.45, 7) is 8.47. The maximum atomic E-state index is 13.1. The predicted octanol–water partition coefficient (Wildman–Crippen LogP) is 3.50. The van der Waals surface area contributed by atoms with Gasteiger partial charge in [-0.05, 0) is 56.0 Å². The van der Waals surface area contributed by atoms with Crippen molar-refractivity contribution in [2.45, 2.75) is 46.2 Å². The third-order valence-electron chi connectivity index (χ3n) is 5.53. The summed E-state index contributed by atoms with van der Waals surface area (Å²) in [5, 5.41) is 3.01. The smallest absolute Gasteiger partial charge is 0.244 e. The van der Waals surface area contributed by atoms with Crippen molar-refractivity contribution < 1.29 is 22.7 Å². The van der Waals surface area contributed by atoms with Gasteiger partial charge in [0.1, 0.15) is 19.3 Å². The Morgan fingerprint density at radius 2 is 1.74 bits per heavy atom. The third-order valence-corrected chi connectivity index (χ3v) is 6.77. The number of aryl methyl sites for hydroxylation is 2. The van der Waals surface area contributed by atoms with E-state index in [4.69, 9.17) is 9.47 Å². The number of benzene rings is 2. The zero-order valence-electron chi connectivity index (χ0n) is 18.6. The maximum Gasteiger partial charge on any atom is 0.244 e. The van der Waals surface area contributed by atoms with Gasteiger partial charge in [0.25, 0.3) is 0 Å². The van der Waals surface area contributed by atoms with E-state index in [0.29, 0.717) is 36.8 Å². The van der Waals surface area contributed by atoms with Crippen molar-refractivity contribution in [3.63, 3.8) is 0 Å². The predicted molar refractivity (Wildman–Crippen MR) is 121 cm³/mol. The second kappa shape index (κ2) is 9.18. The zero-order valence-corrected chi connectivity index (χ0v) is 19.5. The molecule has 1 N–H and O–H groups in total. The van der Waals surface area contributed by atoms with E-state index in [1.165, 1.54) is 5.56 Å². The van der Waals surface area contributed by atoms with Crippen molar-refractivity contribution in [2.75, 3.05) is 23.8 Å². The number of carbonyl (C=O) groups excluding carboxylic acids is 1. The summed E-state index contributed by atoms with van der Waals surface area (Å²) >= 11 is 0. The molecule has 3 rings (SSSR count). The third kappa shape index (κ3) is 5.12. The molecule has 0 bridgehead atoms. The van der Waals surface area contributed by atoms with E-state index in [1.807, 2.05) is 32.9 Å². The molecule has 0 saturated carbocycles. The molecule has 7 nitrogen and oxygen atoms in total. The van der Waals surface area contributed by atoms with E-state index < -0.39 is 16.1 Å². The minimum atomic E-state index is -3.73. The number of fused-ring (bicyclic) bond motifs is 1. The quantitative estimate of drug-likeness (QED) is 0.704. The van der Waals surface area contributed by atoms with E-state index >= 15 is 0 Å². The monoisotopic (exact) mass is 446 g/mol. The Balaban J connectivity index is 1.86. The summed E-state index contributed by atoms with van der Waals surface area (Å²) in [7, 11) is -3.73. The molecule has 0 unspecified atom stereocenters. The molecule has 0 spiro atoms. The van der Waals surface area contributed by atoms with Crippen molar-refractivity contribution in [3.8, 4) is 11.5 Å². The number of nitrogens with one attached hydrogen (secondary N) is 1. The summed E-state index contributed by atoms with van der Waals surface area (Å²) in [6.07, 6.45) is 1.78. The second-order valence-electron chi connectivity index (χ2n) is 7.88. The molecule has 1 aliphatic rings. The van der Waals surface area contributed by atoms with Crippen LogP contribution in [0.3, 0.4) is 0 Å². The minimum Gasteiger partial charge on any atom is -0.486 e. The fourth-order valence-corrected chi connectivity index (χ4v) is 4.84. The van der Waals surface area contributed by atoms with E-state index in [0.717, 1.165) is 21.7 Å². The Morgan fingerprint density at radius 1 is 1.06 bits per heavy atom. The average Bonchev–Trinajstić information content (AvgIpc) is 2.72. The van der Waals surface area contributed by atoms with Crippen LogP contribution in [0.25, 0.3) is 0 Å². The molecule has 8 heteroatoms. The van der Waals surface area contributed by atoms with Crippen LogP contribution in [0.15, 0.2) is 36.4 Å². The summed E-state index contributed by atoms with van der Waals surface area (Å²) in [6, 6.07) is 9.81. The molecule has 1 aliphatic heterocycles. The lowest BCUT2D eigenvalue weighted by atomic mass is 9.99. The van der Waals surface area contributed by atoms with Crippen molar-refractivity contribution in [1.82, 2.24) is 5.32 Å². The van der Waals surface area contributed by atoms with Crippen LogP contribution in [0.1, 0.15) is 43.0 Å². The molecule has 1 amide bonds. The molecular weight excluding hydrogens is 416 g/mol. The number of nitrogens with zero attached hydrogens (tertiary/aromatic N) is 1. The SMILES string of the molecule is CC[C@H](NC(=O)[C@H](C)N(c1ccc2c(c1)OCCO2)S(C)(=O)=O)c1ccc(C)c(C)c1. The van der Waals surface area contributed by atoms with Crippen LogP contribution in [0.5, 0.6) is 11.5 Å². The molecule has 0 saturated heterocycles. The standard InChI is InChI=1S/C23H30N2O5S/c1-6-20(18-8-7-15(2)16(3)13-18)24-23(26)17(4)25(31(5,27)28)19-9-10-21-22(14-19)30-12-11-29-21/h7-10,13-14,17,20H,6,11-12H2,1-5H3,(H,24,26)/t17-,20-/m0/s1. The molecule has 0 aromatic heterocycles. The van der Waals surface area contributed by atoms with E-state index in [2.05, 4.69) is 11.4 Å². The highest BCUT2D eigenvalue weighted by Gasteiger charge is 2.31. The van der Waals surface area contributed by atoms with Gasteiger partial charge in [0, 0.05) is 6.07 Å². The Hall–Kier alpha value is -2.74. The van der Waals surface area contributed by atoms with Crippen molar-refractivity contribution in [2.24, 2.45) is 0 Å². The molecule has 0 fully saturated rings. The Kier molecular flexibility index (Phi) is 6.79. The molecule has 168 valence electrons. The number of carbonyl (C=O) groups is 1.